The fraction of sp³-hybridized carbons (Fsp3) is 0.120. The molecule has 0 spiro atoms. The molecule has 0 radical (unpaired) electrons. The summed E-state index contributed by atoms with van der Waals surface area (Å²) in [5.41, 5.74) is 4.40. The zero-order valence-corrected chi connectivity index (χ0v) is 18.5. The third-order valence-electron chi connectivity index (χ3n) is 4.87. The Morgan fingerprint density at radius 1 is 1.03 bits per heavy atom. The molecule has 7 heteroatoms. The van der Waals surface area contributed by atoms with Crippen LogP contribution in [0.5, 0.6) is 5.75 Å². The molecule has 1 heterocycles. The van der Waals surface area contributed by atoms with E-state index in [-0.39, 0.29) is 17.5 Å². The summed E-state index contributed by atoms with van der Waals surface area (Å²) in [6, 6.07) is 21.5. The van der Waals surface area contributed by atoms with Crippen molar-refractivity contribution in [3.05, 3.63) is 90.4 Å². The van der Waals surface area contributed by atoms with Gasteiger partial charge < -0.3 is 10.1 Å². The van der Waals surface area contributed by atoms with E-state index in [9.17, 15) is 9.18 Å². The molecular formula is C25H22FN3O2S. The number of hydrogen-bond acceptors (Lipinski definition) is 4. The molecule has 1 amide bonds. The number of rotatable bonds is 7. The Kier molecular flexibility index (Phi) is 6.56. The molecule has 4 aromatic rings. The van der Waals surface area contributed by atoms with Crippen molar-refractivity contribution in [2.45, 2.75) is 12.1 Å². The number of halogens is 1. The molecule has 0 aliphatic heterocycles. The number of hydrogen-bond donors (Lipinski definition) is 1. The minimum Gasteiger partial charge on any atom is -0.497 e. The van der Waals surface area contributed by atoms with E-state index in [0.717, 1.165) is 33.9 Å². The lowest BCUT2D eigenvalue weighted by atomic mass is 10.1. The molecule has 0 aliphatic carbocycles. The predicted octanol–water partition coefficient (Wildman–Crippen LogP) is 5.73. The lowest BCUT2D eigenvalue weighted by molar-refractivity contribution is -0.113. The number of amides is 1. The number of benzene rings is 3. The van der Waals surface area contributed by atoms with Crippen molar-refractivity contribution in [3.8, 4) is 22.7 Å². The number of anilines is 1. The highest BCUT2D eigenvalue weighted by Crippen LogP contribution is 2.31. The predicted molar refractivity (Wildman–Crippen MR) is 126 cm³/mol. The van der Waals surface area contributed by atoms with Crippen LogP contribution in [0.15, 0.2) is 84.1 Å². The van der Waals surface area contributed by atoms with E-state index in [2.05, 4.69) is 10.3 Å². The third kappa shape index (κ3) is 5.00. The van der Waals surface area contributed by atoms with E-state index in [1.54, 1.807) is 25.4 Å². The molecule has 0 saturated carbocycles. The molecule has 162 valence electrons. The molecule has 3 aromatic carbocycles. The number of carbonyl (C=O) groups excluding carboxylic acids is 1. The van der Waals surface area contributed by atoms with Gasteiger partial charge in [0.1, 0.15) is 11.6 Å². The Balaban J connectivity index is 1.59. The molecule has 4 rings (SSSR count). The molecule has 32 heavy (non-hydrogen) atoms. The van der Waals surface area contributed by atoms with Gasteiger partial charge in [0.15, 0.2) is 5.16 Å². The summed E-state index contributed by atoms with van der Waals surface area (Å²) < 4.78 is 20.7. The van der Waals surface area contributed by atoms with Gasteiger partial charge in [0.25, 0.3) is 0 Å². The quantitative estimate of drug-likeness (QED) is 0.368. The van der Waals surface area contributed by atoms with E-state index in [1.807, 2.05) is 60.0 Å². The summed E-state index contributed by atoms with van der Waals surface area (Å²) in [4.78, 5) is 17.0. The van der Waals surface area contributed by atoms with Crippen molar-refractivity contribution in [1.29, 1.82) is 0 Å². The van der Waals surface area contributed by atoms with Gasteiger partial charge in [-0.25, -0.2) is 9.37 Å². The van der Waals surface area contributed by atoms with Crippen LogP contribution in [-0.2, 0) is 4.79 Å². The fourth-order valence-corrected chi connectivity index (χ4v) is 4.00. The van der Waals surface area contributed by atoms with Gasteiger partial charge in [-0.05, 0) is 67.6 Å². The highest BCUT2D eigenvalue weighted by atomic mass is 32.2. The molecular weight excluding hydrogens is 425 g/mol. The van der Waals surface area contributed by atoms with Crippen molar-refractivity contribution in [2.24, 2.45) is 0 Å². The van der Waals surface area contributed by atoms with Crippen LogP contribution in [0.1, 0.15) is 5.56 Å². The molecule has 0 saturated heterocycles. The molecule has 0 aliphatic rings. The van der Waals surface area contributed by atoms with Crippen molar-refractivity contribution in [2.75, 3.05) is 18.2 Å². The van der Waals surface area contributed by atoms with Gasteiger partial charge in [0.05, 0.1) is 24.8 Å². The number of thioether (sulfide) groups is 1. The van der Waals surface area contributed by atoms with Gasteiger partial charge in [0, 0.05) is 16.9 Å². The van der Waals surface area contributed by atoms with E-state index >= 15 is 0 Å². The molecule has 0 unspecified atom stereocenters. The van der Waals surface area contributed by atoms with Crippen LogP contribution in [0.4, 0.5) is 10.1 Å². The second kappa shape index (κ2) is 9.70. The first-order valence-corrected chi connectivity index (χ1v) is 11.0. The van der Waals surface area contributed by atoms with Crippen molar-refractivity contribution in [3.63, 3.8) is 0 Å². The Morgan fingerprint density at radius 3 is 2.38 bits per heavy atom. The molecule has 1 N–H and O–H groups in total. The van der Waals surface area contributed by atoms with Gasteiger partial charge in [-0.1, -0.05) is 29.5 Å². The zero-order chi connectivity index (χ0) is 22.5. The summed E-state index contributed by atoms with van der Waals surface area (Å²) in [6.45, 7) is 2.00. The van der Waals surface area contributed by atoms with Crippen molar-refractivity contribution >= 4 is 23.4 Å². The normalized spacial score (nSPS) is 10.7. The van der Waals surface area contributed by atoms with Crippen LogP contribution in [0.25, 0.3) is 16.9 Å². The van der Waals surface area contributed by atoms with E-state index in [4.69, 9.17) is 4.74 Å². The highest BCUT2D eigenvalue weighted by molar-refractivity contribution is 7.99. The Labute approximate surface area is 190 Å². The second-order valence-electron chi connectivity index (χ2n) is 7.17. The first kappa shape index (κ1) is 21.6. The first-order chi connectivity index (χ1) is 15.5. The molecule has 0 atom stereocenters. The van der Waals surface area contributed by atoms with Crippen molar-refractivity contribution < 1.29 is 13.9 Å². The van der Waals surface area contributed by atoms with Gasteiger partial charge in [-0.15, -0.1) is 0 Å². The van der Waals surface area contributed by atoms with Gasteiger partial charge >= 0.3 is 0 Å². The maximum absolute atomic E-state index is 13.5. The lowest BCUT2D eigenvalue weighted by Crippen LogP contribution is -2.14. The first-order valence-electron chi connectivity index (χ1n) is 10.0. The molecule has 1 aromatic heterocycles. The van der Waals surface area contributed by atoms with Crippen LogP contribution in [-0.4, -0.2) is 28.3 Å². The number of imidazole rings is 1. The Morgan fingerprint density at radius 2 is 1.72 bits per heavy atom. The minimum absolute atomic E-state index is 0.126. The summed E-state index contributed by atoms with van der Waals surface area (Å²) in [5.74, 6) is 0.503. The van der Waals surface area contributed by atoms with Gasteiger partial charge in [-0.2, -0.15) is 0 Å². The van der Waals surface area contributed by atoms with Gasteiger partial charge in [-0.3, -0.25) is 9.36 Å². The minimum atomic E-state index is -0.313. The van der Waals surface area contributed by atoms with Crippen LogP contribution < -0.4 is 10.1 Å². The maximum Gasteiger partial charge on any atom is 0.234 e. The average molecular weight is 448 g/mol. The van der Waals surface area contributed by atoms with Gasteiger partial charge in [0.2, 0.25) is 5.91 Å². The Bertz CT molecular complexity index is 1200. The number of carbonyl (C=O) groups is 1. The largest absolute Gasteiger partial charge is 0.497 e. The molecule has 0 fully saturated rings. The summed E-state index contributed by atoms with van der Waals surface area (Å²) in [7, 11) is 1.62. The number of ether oxygens (including phenoxy) is 1. The average Bonchev–Trinajstić information content (AvgIpc) is 3.24. The second-order valence-corrected chi connectivity index (χ2v) is 8.11. The van der Waals surface area contributed by atoms with Crippen LogP contribution >= 0.6 is 11.8 Å². The van der Waals surface area contributed by atoms with E-state index in [0.29, 0.717) is 5.16 Å². The van der Waals surface area contributed by atoms with Crippen LogP contribution in [0.3, 0.4) is 0 Å². The zero-order valence-electron chi connectivity index (χ0n) is 17.7. The summed E-state index contributed by atoms with van der Waals surface area (Å²) in [5, 5.41) is 3.54. The standard InChI is InChI=1S/C25H22FN3O2S/c1-17-3-9-20(10-4-17)28-24(30)16-32-25-27-15-23(18-5-13-22(31-2)14-6-18)29(25)21-11-7-19(26)8-12-21/h3-15H,16H2,1-2H3,(H,28,30). The highest BCUT2D eigenvalue weighted by Gasteiger charge is 2.16. The number of aromatic nitrogens is 2. The fourth-order valence-electron chi connectivity index (χ4n) is 3.21. The van der Waals surface area contributed by atoms with Crippen LogP contribution in [0, 0.1) is 12.7 Å². The maximum atomic E-state index is 13.5. The molecule has 5 nitrogen and oxygen atoms in total. The van der Waals surface area contributed by atoms with E-state index in [1.165, 1.54) is 23.9 Å². The van der Waals surface area contributed by atoms with Crippen LogP contribution in [0.2, 0.25) is 0 Å². The SMILES string of the molecule is COc1ccc(-c2cnc(SCC(=O)Nc3ccc(C)cc3)n2-c2ccc(F)cc2)cc1. The topological polar surface area (TPSA) is 56.1 Å². The van der Waals surface area contributed by atoms with E-state index < -0.39 is 0 Å². The number of methoxy groups -OCH3 is 1. The Hall–Kier alpha value is -3.58. The third-order valence-corrected chi connectivity index (χ3v) is 5.82. The summed E-state index contributed by atoms with van der Waals surface area (Å²) >= 11 is 1.32. The molecule has 0 bridgehead atoms. The number of nitrogens with one attached hydrogen (secondary N) is 1. The smallest absolute Gasteiger partial charge is 0.234 e. The van der Waals surface area contributed by atoms with Crippen molar-refractivity contribution in [1.82, 2.24) is 9.55 Å². The lowest BCUT2D eigenvalue weighted by Gasteiger charge is -2.13. The number of aryl methyl sites for hydroxylation is 1. The summed E-state index contributed by atoms with van der Waals surface area (Å²) in [6.07, 6.45) is 1.76. The monoisotopic (exact) mass is 447 g/mol. The number of nitrogens with zero attached hydrogens (tertiary/aromatic N) is 2.